The summed E-state index contributed by atoms with van der Waals surface area (Å²) in [6, 6.07) is -0.537. The van der Waals surface area contributed by atoms with E-state index in [4.69, 9.17) is 0 Å². The lowest BCUT2D eigenvalue weighted by Crippen LogP contribution is -2.20. The molecule has 0 fully saturated rings. The zero-order valence-electron chi connectivity index (χ0n) is 5.64. The molecule has 0 bridgehead atoms. The van der Waals surface area contributed by atoms with Crippen molar-refractivity contribution < 1.29 is 4.79 Å². The van der Waals surface area contributed by atoms with Gasteiger partial charge < -0.3 is 0 Å². The third-order valence-electron chi connectivity index (χ3n) is 1.09. The summed E-state index contributed by atoms with van der Waals surface area (Å²) in [4.78, 5) is 11.2. The first-order chi connectivity index (χ1) is 5.88. The second-order valence-corrected chi connectivity index (χ2v) is 1.79. The molecule has 60 valence electrons. The Kier molecular flexibility index (Phi) is 1.33. The van der Waals surface area contributed by atoms with Gasteiger partial charge in [-0.15, -0.1) is 19.6 Å². The van der Waals surface area contributed by atoms with Gasteiger partial charge in [-0.25, -0.2) is 4.79 Å². The van der Waals surface area contributed by atoms with Crippen LogP contribution in [0.2, 0.25) is 0 Å². The van der Waals surface area contributed by atoms with Gasteiger partial charge in [0, 0.05) is 0 Å². The molecule has 0 atom stereocenters. The number of carbonyl (C=O) groups excluding carboxylic acids is 1. The van der Waals surface area contributed by atoms with E-state index in [-0.39, 0.29) is 0 Å². The molecule has 0 saturated heterocycles. The molecule has 9 heteroatoms. The van der Waals surface area contributed by atoms with E-state index < -0.39 is 6.03 Å². The highest BCUT2D eigenvalue weighted by molar-refractivity contribution is 5.76. The van der Waals surface area contributed by atoms with Gasteiger partial charge in [0.05, 0.1) is 0 Å². The van der Waals surface area contributed by atoms with Crippen LogP contribution in [0.3, 0.4) is 0 Å². The van der Waals surface area contributed by atoms with Crippen molar-refractivity contribution in [3.8, 4) is 0 Å². The Balaban J connectivity index is 2.34. The highest BCUT2D eigenvalue weighted by atomic mass is 16.2. The fourth-order valence-electron chi connectivity index (χ4n) is 0.603. The van der Waals surface area contributed by atoms with Gasteiger partial charge in [0.25, 0.3) is 0 Å². The Morgan fingerprint density at radius 3 is 1.83 bits per heavy atom. The van der Waals surface area contributed by atoms with Crippen LogP contribution in [0.25, 0.3) is 0 Å². The number of rotatable bonds is 0. The Hall–Kier alpha value is -2.19. The van der Waals surface area contributed by atoms with Gasteiger partial charge in [0.15, 0.2) is 0 Å². The molecule has 0 radical (unpaired) electrons. The predicted octanol–water partition coefficient (Wildman–Crippen LogP) is -1.82. The summed E-state index contributed by atoms with van der Waals surface area (Å²) in [5, 5.41) is 19.9. The third kappa shape index (κ3) is 0.923. The molecular weight excluding hydrogens is 164 g/mol. The quantitative estimate of drug-likeness (QED) is 0.424. The maximum Gasteiger partial charge on any atom is 0.375 e. The van der Waals surface area contributed by atoms with Crippen molar-refractivity contribution in [1.82, 2.24) is 40.4 Å². The maximum absolute atomic E-state index is 11.2. The monoisotopic (exact) mass is 166 g/mol. The van der Waals surface area contributed by atoms with Crippen LogP contribution >= 0.6 is 0 Å². The molecule has 2 rings (SSSR count). The lowest BCUT2D eigenvalue weighted by Gasteiger charge is -1.92. The lowest BCUT2D eigenvalue weighted by molar-refractivity contribution is 0.237. The summed E-state index contributed by atoms with van der Waals surface area (Å²) in [6.45, 7) is 0. The molecule has 0 aliphatic rings. The number of carbonyl (C=O) groups is 1. The first kappa shape index (κ1) is 6.52. The molecule has 2 aromatic heterocycles. The molecule has 0 spiro atoms. The maximum atomic E-state index is 11.2. The molecule has 2 heterocycles. The van der Waals surface area contributed by atoms with E-state index in [9.17, 15) is 4.79 Å². The van der Waals surface area contributed by atoms with Crippen LogP contribution in [0.4, 0.5) is 4.79 Å². The fraction of sp³-hybridized carbons (Fsp3) is 0. The SMILES string of the molecule is O=C(n1cnnn1)n1cnnn1. The van der Waals surface area contributed by atoms with Crippen molar-refractivity contribution in [2.24, 2.45) is 0 Å². The van der Waals surface area contributed by atoms with Crippen LogP contribution in [0.15, 0.2) is 12.7 Å². The van der Waals surface area contributed by atoms with E-state index in [1.54, 1.807) is 0 Å². The summed E-state index contributed by atoms with van der Waals surface area (Å²) in [5.74, 6) is 0. The molecule has 12 heavy (non-hydrogen) atoms. The van der Waals surface area contributed by atoms with Gasteiger partial charge >= 0.3 is 6.03 Å². The van der Waals surface area contributed by atoms with Gasteiger partial charge in [-0.05, 0) is 20.9 Å². The van der Waals surface area contributed by atoms with E-state index >= 15 is 0 Å². The van der Waals surface area contributed by atoms with Crippen LogP contribution in [0.1, 0.15) is 0 Å². The van der Waals surface area contributed by atoms with Crippen LogP contribution in [-0.2, 0) is 0 Å². The van der Waals surface area contributed by atoms with Crippen LogP contribution in [0, 0.1) is 0 Å². The zero-order chi connectivity index (χ0) is 8.39. The Morgan fingerprint density at radius 1 is 1.00 bits per heavy atom. The van der Waals surface area contributed by atoms with E-state index in [0.717, 1.165) is 22.0 Å². The molecule has 0 saturated carbocycles. The first-order valence-electron chi connectivity index (χ1n) is 2.88. The van der Waals surface area contributed by atoms with E-state index in [1.165, 1.54) is 0 Å². The molecule has 2 aromatic rings. The van der Waals surface area contributed by atoms with Gasteiger partial charge in [-0.3, -0.25) is 0 Å². The summed E-state index contributed by atoms with van der Waals surface area (Å²) in [6.07, 6.45) is 2.31. The molecule has 0 N–H and O–H groups in total. The summed E-state index contributed by atoms with van der Waals surface area (Å²) >= 11 is 0. The van der Waals surface area contributed by atoms with E-state index in [0.29, 0.717) is 0 Å². The standard InChI is InChI=1S/C3H2N8O/c12-3(10-1-4-6-8-10)11-2-5-7-9-11/h1-2H. The molecule has 0 unspecified atom stereocenters. The molecular formula is C3H2N8O. The Labute approximate surface area is 65.0 Å². The average molecular weight is 166 g/mol. The van der Waals surface area contributed by atoms with E-state index in [1.807, 2.05) is 0 Å². The minimum absolute atomic E-state index is 0.537. The van der Waals surface area contributed by atoms with Crippen LogP contribution in [-0.4, -0.2) is 46.4 Å². The Bertz CT molecular complexity index is 325. The van der Waals surface area contributed by atoms with Crippen molar-refractivity contribution in [3.05, 3.63) is 12.7 Å². The number of tetrazole rings is 2. The van der Waals surface area contributed by atoms with Crippen LogP contribution < -0.4 is 0 Å². The zero-order valence-corrected chi connectivity index (χ0v) is 5.64. The van der Waals surface area contributed by atoms with Crippen LogP contribution in [0.5, 0.6) is 0 Å². The van der Waals surface area contributed by atoms with Crippen molar-refractivity contribution in [1.29, 1.82) is 0 Å². The second kappa shape index (κ2) is 2.45. The van der Waals surface area contributed by atoms with Crippen molar-refractivity contribution in [3.63, 3.8) is 0 Å². The normalized spacial score (nSPS) is 10.0. The minimum atomic E-state index is -0.537. The topological polar surface area (TPSA) is 104 Å². The fourth-order valence-corrected chi connectivity index (χ4v) is 0.603. The number of aromatic nitrogens is 8. The first-order valence-corrected chi connectivity index (χ1v) is 2.88. The van der Waals surface area contributed by atoms with E-state index in [2.05, 4.69) is 31.1 Å². The third-order valence-corrected chi connectivity index (χ3v) is 1.09. The Morgan fingerprint density at radius 2 is 1.50 bits per heavy atom. The number of hydrogen-bond donors (Lipinski definition) is 0. The van der Waals surface area contributed by atoms with Crippen molar-refractivity contribution in [2.75, 3.05) is 0 Å². The second-order valence-electron chi connectivity index (χ2n) is 1.79. The molecule has 0 aromatic carbocycles. The van der Waals surface area contributed by atoms with Crippen molar-refractivity contribution in [2.45, 2.75) is 0 Å². The van der Waals surface area contributed by atoms with Gasteiger partial charge in [0.2, 0.25) is 0 Å². The number of nitrogens with zero attached hydrogens (tertiary/aromatic N) is 8. The van der Waals surface area contributed by atoms with Gasteiger partial charge in [-0.2, -0.15) is 0 Å². The largest absolute Gasteiger partial charge is 0.375 e. The predicted molar refractivity (Wildman–Crippen MR) is 31.8 cm³/mol. The summed E-state index contributed by atoms with van der Waals surface area (Å²) in [7, 11) is 0. The minimum Gasteiger partial charge on any atom is -0.243 e. The highest BCUT2D eigenvalue weighted by Gasteiger charge is 2.08. The lowest BCUT2D eigenvalue weighted by atomic mass is 10.9. The summed E-state index contributed by atoms with van der Waals surface area (Å²) < 4.78 is 1.83. The summed E-state index contributed by atoms with van der Waals surface area (Å²) in [5.41, 5.74) is 0. The number of hydrogen-bond acceptors (Lipinski definition) is 7. The molecule has 9 nitrogen and oxygen atoms in total. The average Bonchev–Trinajstić information content (AvgIpc) is 2.77. The molecule has 0 amide bonds. The molecule has 0 aliphatic heterocycles. The highest BCUT2D eigenvalue weighted by Crippen LogP contribution is 1.82. The smallest absolute Gasteiger partial charge is 0.243 e. The van der Waals surface area contributed by atoms with Crippen molar-refractivity contribution >= 4 is 6.03 Å². The van der Waals surface area contributed by atoms with Gasteiger partial charge in [-0.1, -0.05) is 0 Å². The molecule has 0 aliphatic carbocycles. The van der Waals surface area contributed by atoms with Gasteiger partial charge in [0.1, 0.15) is 12.7 Å².